The van der Waals surface area contributed by atoms with Gasteiger partial charge in [-0.05, 0) is 104 Å². The van der Waals surface area contributed by atoms with Crippen LogP contribution >= 0.6 is 0 Å². The summed E-state index contributed by atoms with van der Waals surface area (Å²) in [4.78, 5) is 93.1. The Morgan fingerprint density at radius 2 is 0.984 bits per heavy atom. The van der Waals surface area contributed by atoms with Crippen LogP contribution in [-0.4, -0.2) is 89.1 Å². The molecule has 0 heterocycles. The Morgan fingerprint density at radius 1 is 0.578 bits per heavy atom. The third-order valence-corrected chi connectivity index (χ3v) is 9.52. The number of hydrogen-bond donors (Lipinski definition) is 6. The molecule has 2 aromatic rings. The van der Waals surface area contributed by atoms with Crippen molar-refractivity contribution in [1.29, 1.82) is 0 Å². The normalized spacial score (nSPS) is 14.0. The van der Waals surface area contributed by atoms with E-state index in [0.29, 0.717) is 12.8 Å². The molecule has 0 unspecified atom stereocenters. The van der Waals surface area contributed by atoms with Crippen LogP contribution in [-0.2, 0) is 51.1 Å². The van der Waals surface area contributed by atoms with Crippen molar-refractivity contribution in [2.45, 2.75) is 150 Å². The third kappa shape index (κ3) is 20.9. The number of ether oxygens (including phenoxy) is 2. The zero-order valence-electron chi connectivity index (χ0n) is 39.8. The number of amides is 6. The molecule has 0 saturated heterocycles. The van der Waals surface area contributed by atoms with E-state index in [2.05, 4.69) is 31.9 Å². The van der Waals surface area contributed by atoms with Gasteiger partial charge in [0, 0.05) is 12.2 Å². The van der Waals surface area contributed by atoms with Gasteiger partial charge in [-0.3, -0.25) is 24.0 Å². The highest BCUT2D eigenvalue weighted by atomic mass is 16.6. The first-order valence-electron chi connectivity index (χ1n) is 22.0. The van der Waals surface area contributed by atoms with Gasteiger partial charge in [-0.25, -0.2) is 9.59 Å². The summed E-state index contributed by atoms with van der Waals surface area (Å²) in [7, 11) is 0. The molecule has 2 rings (SSSR count). The summed E-state index contributed by atoms with van der Waals surface area (Å²) in [5.41, 5.74) is -1.90. The molecule has 352 valence electrons. The molecule has 0 fully saturated rings. The number of nitrogens with one attached hydrogen (secondary N) is 6. The van der Waals surface area contributed by atoms with Crippen LogP contribution in [0.1, 0.15) is 107 Å². The Hall–Kier alpha value is -5.99. The first-order valence-corrected chi connectivity index (χ1v) is 22.0. The predicted molar refractivity (Wildman–Crippen MR) is 248 cm³/mol. The first kappa shape index (κ1) is 54.1. The Morgan fingerprint density at radius 3 is 1.38 bits per heavy atom. The molecule has 6 N–H and O–H groups in total. The van der Waals surface area contributed by atoms with E-state index in [4.69, 9.17) is 9.47 Å². The SMILES string of the molecule is CCOC(=O)/C=C/[C@H](Cc1ccccc1)NC(=O)C(C)(C)NC(=O)[C@H](CC(C)C)NC(=O)/C=C/[C@H](Cc1ccccc1)NC(=O)C(C)(C)NC(=O)[C@H](CC(C)C)NC(=O)OC(C)(C)C. The summed E-state index contributed by atoms with van der Waals surface area (Å²) >= 11 is 0. The average molecular weight is 889 g/mol. The van der Waals surface area contributed by atoms with Gasteiger partial charge in [-0.15, -0.1) is 0 Å². The van der Waals surface area contributed by atoms with Crippen molar-refractivity contribution in [3.8, 4) is 0 Å². The lowest BCUT2D eigenvalue weighted by atomic mass is 9.98. The van der Waals surface area contributed by atoms with Crippen LogP contribution < -0.4 is 31.9 Å². The van der Waals surface area contributed by atoms with Crippen molar-refractivity contribution in [2.24, 2.45) is 11.8 Å². The number of carbonyl (C=O) groups excluding carboxylic acids is 7. The fraction of sp³-hybridized carbons (Fsp3) is 0.531. The summed E-state index contributed by atoms with van der Waals surface area (Å²) in [6.07, 6.45) is 6.02. The Bertz CT molecular complexity index is 1920. The number of esters is 1. The molecule has 0 saturated carbocycles. The molecule has 0 radical (unpaired) electrons. The molecule has 6 amide bonds. The minimum Gasteiger partial charge on any atom is -0.463 e. The Balaban J connectivity index is 2.26. The monoisotopic (exact) mass is 889 g/mol. The van der Waals surface area contributed by atoms with Crippen LogP contribution in [0.15, 0.2) is 85.0 Å². The quantitative estimate of drug-likeness (QED) is 0.0625. The molecule has 15 heteroatoms. The molecular formula is C49H72N6O9. The fourth-order valence-corrected chi connectivity index (χ4v) is 6.34. The zero-order valence-corrected chi connectivity index (χ0v) is 39.8. The van der Waals surface area contributed by atoms with Crippen LogP contribution in [0.4, 0.5) is 4.79 Å². The molecular weight excluding hydrogens is 817 g/mol. The molecule has 4 atom stereocenters. The van der Waals surface area contributed by atoms with Crippen LogP contribution in [0, 0.1) is 11.8 Å². The summed E-state index contributed by atoms with van der Waals surface area (Å²) in [5.74, 6) is -3.37. The molecule has 2 aromatic carbocycles. The standard InChI is InChI=1S/C49H72N6O9/c1-13-63-41(57)27-25-37(31-35-22-18-15-19-23-35)51-45(61)48(9,10)54-42(58)38(28-32(2)3)52-40(56)26-24-36(30-34-20-16-14-17-21-34)50-44(60)49(11,12)55-43(59)39(29-33(4)5)53-46(62)64-47(6,7)8/h14-27,32-33,36-39H,13,28-31H2,1-12H3,(H,50,60)(H,51,61)(H,52,56)(H,53,62)(H,54,58)(H,55,59)/b26-24+,27-25+/t36-,37-,38+,39+/m1/s1. The van der Waals surface area contributed by atoms with Crippen LogP contribution in [0.3, 0.4) is 0 Å². The topological polar surface area (TPSA) is 210 Å². The second-order valence-corrected chi connectivity index (χ2v) is 18.8. The summed E-state index contributed by atoms with van der Waals surface area (Å²) in [6, 6.07) is 15.4. The van der Waals surface area contributed by atoms with Gasteiger partial charge in [0.2, 0.25) is 29.5 Å². The van der Waals surface area contributed by atoms with Crippen LogP contribution in [0.25, 0.3) is 0 Å². The van der Waals surface area contributed by atoms with Gasteiger partial charge < -0.3 is 41.4 Å². The van der Waals surface area contributed by atoms with Gasteiger partial charge in [0.15, 0.2) is 0 Å². The van der Waals surface area contributed by atoms with Crippen molar-refractivity contribution >= 4 is 41.6 Å². The Kier molecular flexibility index (Phi) is 21.4. The van der Waals surface area contributed by atoms with Gasteiger partial charge >= 0.3 is 12.1 Å². The second-order valence-electron chi connectivity index (χ2n) is 18.8. The van der Waals surface area contributed by atoms with E-state index in [-0.39, 0.29) is 31.3 Å². The predicted octanol–water partition coefficient (Wildman–Crippen LogP) is 5.38. The van der Waals surface area contributed by atoms with Crippen molar-refractivity contribution in [2.75, 3.05) is 6.61 Å². The number of hydrogen-bond acceptors (Lipinski definition) is 9. The summed E-state index contributed by atoms with van der Waals surface area (Å²) in [6.45, 7) is 20.8. The lowest BCUT2D eigenvalue weighted by molar-refractivity contribution is -0.137. The zero-order chi connectivity index (χ0) is 48.3. The van der Waals surface area contributed by atoms with Crippen LogP contribution in [0.5, 0.6) is 0 Å². The highest BCUT2D eigenvalue weighted by Crippen LogP contribution is 2.15. The highest BCUT2D eigenvalue weighted by molar-refractivity contribution is 5.97. The van der Waals surface area contributed by atoms with E-state index >= 15 is 0 Å². The maximum atomic E-state index is 13.8. The second kappa shape index (κ2) is 25.3. The van der Waals surface area contributed by atoms with E-state index in [0.717, 1.165) is 11.1 Å². The first-order chi connectivity index (χ1) is 29.8. The number of carbonyl (C=O) groups is 7. The van der Waals surface area contributed by atoms with Gasteiger partial charge in [-0.1, -0.05) is 101 Å². The molecule has 0 aliphatic rings. The molecule has 0 bridgehead atoms. The van der Waals surface area contributed by atoms with E-state index in [1.54, 1.807) is 47.6 Å². The van der Waals surface area contributed by atoms with Crippen molar-refractivity contribution in [3.63, 3.8) is 0 Å². The number of rotatable bonds is 23. The Labute approximate surface area is 379 Å². The van der Waals surface area contributed by atoms with Crippen molar-refractivity contribution in [3.05, 3.63) is 96.1 Å². The maximum Gasteiger partial charge on any atom is 0.408 e. The molecule has 15 nitrogen and oxygen atoms in total. The molecule has 64 heavy (non-hydrogen) atoms. The van der Waals surface area contributed by atoms with E-state index in [1.807, 2.05) is 88.4 Å². The van der Waals surface area contributed by atoms with E-state index < -0.39 is 82.4 Å². The number of alkyl carbamates (subject to hydrolysis) is 1. The fourth-order valence-electron chi connectivity index (χ4n) is 6.34. The maximum absolute atomic E-state index is 13.8. The summed E-state index contributed by atoms with van der Waals surface area (Å²) in [5, 5.41) is 16.8. The molecule has 0 spiro atoms. The smallest absolute Gasteiger partial charge is 0.408 e. The average Bonchev–Trinajstić information content (AvgIpc) is 3.18. The molecule has 0 aromatic heterocycles. The largest absolute Gasteiger partial charge is 0.463 e. The van der Waals surface area contributed by atoms with Crippen molar-refractivity contribution in [1.82, 2.24) is 31.9 Å². The van der Waals surface area contributed by atoms with E-state index in [9.17, 15) is 33.6 Å². The molecule has 0 aliphatic carbocycles. The van der Waals surface area contributed by atoms with Gasteiger partial charge in [0.05, 0.1) is 18.7 Å². The minimum absolute atomic E-state index is 0.0257. The van der Waals surface area contributed by atoms with Crippen molar-refractivity contribution < 1.29 is 43.0 Å². The van der Waals surface area contributed by atoms with E-state index in [1.165, 1.54) is 32.1 Å². The highest BCUT2D eigenvalue weighted by Gasteiger charge is 2.36. The summed E-state index contributed by atoms with van der Waals surface area (Å²) < 4.78 is 10.4. The lowest BCUT2D eigenvalue weighted by Gasteiger charge is -2.30. The van der Waals surface area contributed by atoms with Gasteiger partial charge in [0.25, 0.3) is 0 Å². The van der Waals surface area contributed by atoms with Gasteiger partial charge in [0.1, 0.15) is 28.8 Å². The minimum atomic E-state index is -1.45. The van der Waals surface area contributed by atoms with Gasteiger partial charge in [-0.2, -0.15) is 0 Å². The number of benzene rings is 2. The third-order valence-electron chi connectivity index (χ3n) is 9.52. The lowest BCUT2D eigenvalue weighted by Crippen LogP contribution is -2.60. The molecule has 0 aliphatic heterocycles. The van der Waals surface area contributed by atoms with Crippen LogP contribution in [0.2, 0.25) is 0 Å².